The van der Waals surface area contributed by atoms with E-state index in [2.05, 4.69) is 28.3 Å². The summed E-state index contributed by atoms with van der Waals surface area (Å²) in [6.45, 7) is 3.82. The molecule has 0 saturated carbocycles. The second kappa shape index (κ2) is 15.8. The van der Waals surface area contributed by atoms with Gasteiger partial charge in [-0.1, -0.05) is 56.0 Å². The Bertz CT molecular complexity index is 2080. The summed E-state index contributed by atoms with van der Waals surface area (Å²) in [6.07, 6.45) is 7.90. The number of piperazine rings is 1. The lowest BCUT2D eigenvalue weighted by atomic mass is 10.0. The van der Waals surface area contributed by atoms with Crippen LogP contribution in [0.2, 0.25) is 5.15 Å². The van der Waals surface area contributed by atoms with Crippen LogP contribution in [-0.4, -0.2) is 81.6 Å². The monoisotopic (exact) mass is 738 g/mol. The van der Waals surface area contributed by atoms with E-state index in [9.17, 15) is 24.0 Å². The Balaban J connectivity index is 0.821. The summed E-state index contributed by atoms with van der Waals surface area (Å²) in [5.41, 5.74) is 5.78. The number of halogens is 1. The molecule has 2 N–H and O–H groups in total. The van der Waals surface area contributed by atoms with Gasteiger partial charge in [0.15, 0.2) is 0 Å². The predicted molar refractivity (Wildman–Crippen MR) is 201 cm³/mol. The third kappa shape index (κ3) is 7.64. The highest BCUT2D eigenvalue weighted by atomic mass is 35.5. The number of unbranched alkanes of at least 4 members (excludes halogenated alkanes) is 4. The van der Waals surface area contributed by atoms with Gasteiger partial charge in [-0.05, 0) is 67.1 Å². The zero-order chi connectivity index (χ0) is 37.1. The van der Waals surface area contributed by atoms with Crippen molar-refractivity contribution in [1.29, 1.82) is 0 Å². The van der Waals surface area contributed by atoms with E-state index in [4.69, 9.17) is 16.3 Å². The first-order valence-electron chi connectivity index (χ1n) is 18.5. The minimum atomic E-state index is -0.661. The fourth-order valence-corrected chi connectivity index (χ4v) is 7.87. The Morgan fingerprint density at radius 1 is 0.962 bits per heavy atom. The van der Waals surface area contributed by atoms with E-state index in [1.165, 1.54) is 4.90 Å². The SMILES string of the molecule is CCc1c(Cl)[nH]c2ncc(-c3cccc(N4CCN(C(=O)CCCCCCCOc5cccc6c5CN(C5CCC(=O)NC5=O)C6=O)CC4=O)c3)cc12. The Morgan fingerprint density at radius 2 is 1.77 bits per heavy atom. The van der Waals surface area contributed by atoms with Crippen LogP contribution in [0.25, 0.3) is 22.2 Å². The van der Waals surface area contributed by atoms with E-state index >= 15 is 0 Å². The molecule has 0 aliphatic carbocycles. The molecule has 5 heterocycles. The predicted octanol–water partition coefficient (Wildman–Crippen LogP) is 5.80. The maximum atomic E-state index is 13.2. The second-order valence-electron chi connectivity index (χ2n) is 13.9. The summed E-state index contributed by atoms with van der Waals surface area (Å²) in [5.74, 6) is -0.417. The smallest absolute Gasteiger partial charge is 0.255 e. The molecule has 7 rings (SSSR count). The molecule has 13 heteroatoms. The molecular formula is C40H43ClN6O6. The van der Waals surface area contributed by atoms with Crippen molar-refractivity contribution in [2.75, 3.05) is 31.1 Å². The summed E-state index contributed by atoms with van der Waals surface area (Å²) >= 11 is 6.37. The lowest BCUT2D eigenvalue weighted by molar-refractivity contribution is -0.137. The van der Waals surface area contributed by atoms with Crippen LogP contribution in [0.5, 0.6) is 5.75 Å². The van der Waals surface area contributed by atoms with Gasteiger partial charge < -0.3 is 24.4 Å². The van der Waals surface area contributed by atoms with Gasteiger partial charge in [0.2, 0.25) is 23.6 Å². The van der Waals surface area contributed by atoms with E-state index in [0.29, 0.717) is 49.0 Å². The molecule has 1 atom stereocenters. The number of pyridine rings is 1. The highest BCUT2D eigenvalue weighted by Crippen LogP contribution is 2.34. The number of nitrogens with zero attached hydrogens (tertiary/aromatic N) is 4. The van der Waals surface area contributed by atoms with Crippen LogP contribution in [0, 0.1) is 0 Å². The summed E-state index contributed by atoms with van der Waals surface area (Å²) < 4.78 is 6.07. The molecule has 2 fully saturated rings. The summed E-state index contributed by atoms with van der Waals surface area (Å²) in [7, 11) is 0. The number of benzene rings is 2. The van der Waals surface area contributed by atoms with Crippen molar-refractivity contribution in [2.45, 2.75) is 77.3 Å². The molecule has 0 radical (unpaired) electrons. The number of piperidine rings is 1. The van der Waals surface area contributed by atoms with Gasteiger partial charge in [-0.15, -0.1) is 0 Å². The number of ether oxygens (including phenoxy) is 1. The van der Waals surface area contributed by atoms with E-state index in [1.54, 1.807) is 28.1 Å². The van der Waals surface area contributed by atoms with Gasteiger partial charge >= 0.3 is 0 Å². The van der Waals surface area contributed by atoms with Gasteiger partial charge in [-0.3, -0.25) is 29.3 Å². The van der Waals surface area contributed by atoms with Crippen molar-refractivity contribution in [1.82, 2.24) is 25.1 Å². The molecule has 2 aromatic carbocycles. The molecule has 3 aliphatic rings. The van der Waals surface area contributed by atoms with Crippen molar-refractivity contribution in [3.63, 3.8) is 0 Å². The highest BCUT2D eigenvalue weighted by Gasteiger charge is 2.40. The number of aromatic amines is 1. The molecule has 1 unspecified atom stereocenters. The maximum Gasteiger partial charge on any atom is 0.255 e. The molecule has 0 spiro atoms. The first-order chi connectivity index (χ1) is 25.7. The number of fused-ring (bicyclic) bond motifs is 2. The number of carbonyl (C=O) groups excluding carboxylic acids is 5. The number of aryl methyl sites for hydroxylation is 1. The molecule has 0 bridgehead atoms. The molecule has 53 heavy (non-hydrogen) atoms. The standard InChI is InChI=1S/C40H43ClN6O6/c1-2-28-30-21-26(22-42-38(30)44-37(28)41)25-10-8-11-27(20-25)46-18-17-45(24-36(46)50)35(49)14-6-4-3-5-7-19-53-33-13-9-12-29-31(33)23-47(40(29)52)32-15-16-34(48)43-39(32)51/h8-13,20-22,32H,2-7,14-19,23-24H2,1H3,(H,42,44)(H,43,48,51). The number of aromatic nitrogens is 2. The topological polar surface area (TPSA) is 145 Å². The average Bonchev–Trinajstić information content (AvgIpc) is 3.67. The lowest BCUT2D eigenvalue weighted by Gasteiger charge is -2.34. The van der Waals surface area contributed by atoms with Crippen molar-refractivity contribution >= 4 is 57.9 Å². The minimum absolute atomic E-state index is 0.00480. The Morgan fingerprint density at radius 3 is 2.58 bits per heavy atom. The van der Waals surface area contributed by atoms with Gasteiger partial charge in [0.05, 0.1) is 13.2 Å². The summed E-state index contributed by atoms with van der Waals surface area (Å²) in [6, 6.07) is 14.6. The van der Waals surface area contributed by atoms with Crippen molar-refractivity contribution in [3.05, 3.63) is 76.6 Å². The largest absolute Gasteiger partial charge is 0.493 e. The third-order valence-electron chi connectivity index (χ3n) is 10.5. The third-order valence-corrected chi connectivity index (χ3v) is 10.8. The molecule has 5 amide bonds. The van der Waals surface area contributed by atoms with Crippen molar-refractivity contribution < 1.29 is 28.7 Å². The number of nitrogens with one attached hydrogen (secondary N) is 2. The van der Waals surface area contributed by atoms with E-state index in [0.717, 1.165) is 77.5 Å². The molecule has 12 nitrogen and oxygen atoms in total. The van der Waals surface area contributed by atoms with Crippen LogP contribution in [0.4, 0.5) is 5.69 Å². The van der Waals surface area contributed by atoms with Crippen LogP contribution in [-0.2, 0) is 32.1 Å². The molecule has 3 aliphatic heterocycles. The van der Waals surface area contributed by atoms with E-state index < -0.39 is 11.9 Å². The fourth-order valence-electron chi connectivity index (χ4n) is 7.55. The number of hydrogen-bond acceptors (Lipinski definition) is 7. The number of rotatable bonds is 13. The number of carbonyl (C=O) groups is 5. The average molecular weight is 739 g/mol. The summed E-state index contributed by atoms with van der Waals surface area (Å²) in [5, 5.41) is 3.93. The summed E-state index contributed by atoms with van der Waals surface area (Å²) in [4.78, 5) is 75.9. The van der Waals surface area contributed by atoms with Gasteiger partial charge in [-0.25, -0.2) is 4.98 Å². The Labute approximate surface area is 312 Å². The number of hydrogen-bond donors (Lipinski definition) is 2. The quantitative estimate of drug-likeness (QED) is 0.130. The second-order valence-corrected chi connectivity index (χ2v) is 14.2. The molecule has 4 aromatic rings. The first-order valence-corrected chi connectivity index (χ1v) is 18.8. The molecule has 2 aromatic heterocycles. The fraction of sp³-hybridized carbons (Fsp3) is 0.400. The lowest BCUT2D eigenvalue weighted by Crippen LogP contribution is -2.52. The van der Waals surface area contributed by atoms with Crippen molar-refractivity contribution in [2.24, 2.45) is 0 Å². The van der Waals surface area contributed by atoms with Gasteiger partial charge in [-0.2, -0.15) is 0 Å². The van der Waals surface area contributed by atoms with E-state index in [-0.39, 0.29) is 43.1 Å². The van der Waals surface area contributed by atoms with Crippen LogP contribution in [0.1, 0.15) is 79.8 Å². The zero-order valence-corrected chi connectivity index (χ0v) is 30.5. The van der Waals surface area contributed by atoms with Crippen molar-refractivity contribution in [3.8, 4) is 16.9 Å². The first kappa shape index (κ1) is 36.1. The zero-order valence-electron chi connectivity index (χ0n) is 29.8. The molecule has 2 saturated heterocycles. The molecule has 276 valence electrons. The number of amides is 5. The van der Waals surface area contributed by atoms with Crippen LogP contribution in [0.15, 0.2) is 54.7 Å². The van der Waals surface area contributed by atoms with Crippen LogP contribution >= 0.6 is 11.6 Å². The maximum absolute atomic E-state index is 13.2. The van der Waals surface area contributed by atoms with Gasteiger partial charge in [0, 0.05) is 59.9 Å². The minimum Gasteiger partial charge on any atom is -0.493 e. The number of H-pyrrole nitrogens is 1. The van der Waals surface area contributed by atoms with Gasteiger partial charge in [0.25, 0.3) is 5.91 Å². The normalized spacial score (nSPS) is 17.5. The number of imide groups is 1. The Hall–Kier alpha value is -5.23. The number of anilines is 1. The molecular weight excluding hydrogens is 696 g/mol. The van der Waals surface area contributed by atoms with Crippen LogP contribution in [0.3, 0.4) is 0 Å². The Kier molecular flexibility index (Phi) is 10.8. The van der Waals surface area contributed by atoms with Crippen LogP contribution < -0.4 is 15.0 Å². The van der Waals surface area contributed by atoms with Gasteiger partial charge in [0.1, 0.15) is 29.1 Å². The van der Waals surface area contributed by atoms with E-state index in [1.807, 2.05) is 30.3 Å². The highest BCUT2D eigenvalue weighted by molar-refractivity contribution is 6.31.